The van der Waals surface area contributed by atoms with E-state index in [4.69, 9.17) is 11.6 Å². The third kappa shape index (κ3) is 4.51. The molecule has 2 aliphatic heterocycles. The molecular weight excluding hydrogens is 407 g/mol. The molecule has 6 nitrogen and oxygen atoms in total. The number of piperidine rings is 1. The van der Waals surface area contributed by atoms with Crippen molar-refractivity contribution in [3.63, 3.8) is 0 Å². The number of carbonyl (C=O) groups excluding carboxylic acids is 2. The summed E-state index contributed by atoms with van der Waals surface area (Å²) in [6.07, 6.45) is 1.48. The van der Waals surface area contributed by atoms with Crippen LogP contribution in [-0.2, 0) is 6.54 Å². The Labute approximate surface area is 180 Å². The number of anilines is 1. The molecule has 2 saturated heterocycles. The van der Waals surface area contributed by atoms with Crippen LogP contribution in [-0.4, -0.2) is 59.0 Å². The summed E-state index contributed by atoms with van der Waals surface area (Å²) in [6, 6.07) is 14.1. The maximum atomic E-state index is 13.3. The second kappa shape index (κ2) is 8.92. The number of halogens is 2. The molecule has 0 bridgehead atoms. The monoisotopic (exact) mass is 430 g/mol. The lowest BCUT2D eigenvalue weighted by Gasteiger charge is -2.36. The zero-order valence-corrected chi connectivity index (χ0v) is 17.3. The lowest BCUT2D eigenvalue weighted by atomic mass is 10.0. The molecule has 2 aliphatic rings. The first-order valence-electron chi connectivity index (χ1n) is 10.1. The van der Waals surface area contributed by atoms with Gasteiger partial charge in [-0.25, -0.2) is 14.0 Å². The Bertz CT molecular complexity index is 919. The zero-order chi connectivity index (χ0) is 21.1. The number of benzene rings is 2. The molecule has 0 atom stereocenters. The van der Waals surface area contributed by atoms with Gasteiger partial charge >= 0.3 is 12.1 Å². The van der Waals surface area contributed by atoms with Gasteiger partial charge in [-0.15, -0.1) is 0 Å². The third-order valence-electron chi connectivity index (χ3n) is 5.71. The van der Waals surface area contributed by atoms with Gasteiger partial charge in [-0.2, -0.15) is 0 Å². The topological polar surface area (TPSA) is 55.9 Å². The number of nitrogens with zero attached hydrogens (tertiary/aromatic N) is 3. The van der Waals surface area contributed by atoms with Crippen molar-refractivity contribution in [3.05, 3.63) is 64.9 Å². The minimum absolute atomic E-state index is 0.0286. The fourth-order valence-corrected chi connectivity index (χ4v) is 4.23. The Morgan fingerprint density at radius 1 is 1.07 bits per heavy atom. The van der Waals surface area contributed by atoms with Crippen LogP contribution in [0, 0.1) is 5.82 Å². The van der Waals surface area contributed by atoms with Gasteiger partial charge in [0.25, 0.3) is 0 Å². The molecule has 8 heteroatoms. The van der Waals surface area contributed by atoms with E-state index in [1.54, 1.807) is 4.90 Å². The molecule has 2 heterocycles. The van der Waals surface area contributed by atoms with Crippen LogP contribution in [0.25, 0.3) is 0 Å². The Kier molecular flexibility index (Phi) is 6.08. The summed E-state index contributed by atoms with van der Waals surface area (Å²) < 4.78 is 13.3. The summed E-state index contributed by atoms with van der Waals surface area (Å²) >= 11 is 5.77. The maximum Gasteiger partial charge on any atom is 0.321 e. The molecule has 1 N–H and O–H groups in total. The van der Waals surface area contributed by atoms with Crippen LogP contribution in [0.2, 0.25) is 5.02 Å². The van der Waals surface area contributed by atoms with E-state index in [2.05, 4.69) is 5.32 Å². The van der Waals surface area contributed by atoms with Crippen molar-refractivity contribution in [2.75, 3.05) is 31.5 Å². The van der Waals surface area contributed by atoms with Crippen LogP contribution in [0.4, 0.5) is 19.7 Å². The number of amides is 4. The van der Waals surface area contributed by atoms with Crippen molar-refractivity contribution < 1.29 is 14.0 Å². The fraction of sp³-hybridized carbons (Fsp3) is 0.364. The van der Waals surface area contributed by atoms with Crippen molar-refractivity contribution >= 4 is 29.4 Å². The quantitative estimate of drug-likeness (QED) is 0.780. The van der Waals surface area contributed by atoms with Crippen molar-refractivity contribution in [1.29, 1.82) is 0 Å². The van der Waals surface area contributed by atoms with E-state index >= 15 is 0 Å². The highest BCUT2D eigenvalue weighted by Gasteiger charge is 2.35. The predicted molar refractivity (Wildman–Crippen MR) is 114 cm³/mol. The minimum Gasteiger partial charge on any atom is -0.324 e. The highest BCUT2D eigenvalue weighted by Crippen LogP contribution is 2.24. The molecule has 0 saturated carbocycles. The highest BCUT2D eigenvalue weighted by molar-refractivity contribution is 6.31. The number of hydrogen-bond donors (Lipinski definition) is 1. The smallest absolute Gasteiger partial charge is 0.321 e. The van der Waals surface area contributed by atoms with Crippen LogP contribution in [0.5, 0.6) is 0 Å². The van der Waals surface area contributed by atoms with E-state index in [9.17, 15) is 14.0 Å². The molecule has 2 aromatic rings. The Morgan fingerprint density at radius 3 is 2.50 bits per heavy atom. The molecule has 2 aromatic carbocycles. The molecule has 0 unspecified atom stereocenters. The second-order valence-electron chi connectivity index (χ2n) is 7.66. The van der Waals surface area contributed by atoms with Gasteiger partial charge in [0.1, 0.15) is 5.82 Å². The van der Waals surface area contributed by atoms with E-state index in [1.807, 2.05) is 40.1 Å². The Balaban J connectivity index is 1.28. The number of carbonyl (C=O) groups is 2. The van der Waals surface area contributed by atoms with Crippen molar-refractivity contribution in [1.82, 2.24) is 14.7 Å². The first-order chi connectivity index (χ1) is 14.5. The molecule has 158 valence electrons. The SMILES string of the molecule is O=C(Nc1ccc(F)c(Cl)c1)N1CCC(N2CCN(Cc3ccccc3)C2=O)CC1. The molecule has 0 spiro atoms. The van der Waals surface area contributed by atoms with Crippen LogP contribution in [0.15, 0.2) is 48.5 Å². The molecule has 0 aromatic heterocycles. The third-order valence-corrected chi connectivity index (χ3v) is 6.00. The van der Waals surface area contributed by atoms with E-state index in [0.29, 0.717) is 25.3 Å². The van der Waals surface area contributed by atoms with E-state index in [1.165, 1.54) is 18.2 Å². The van der Waals surface area contributed by atoms with Gasteiger partial charge < -0.3 is 20.0 Å². The summed E-state index contributed by atoms with van der Waals surface area (Å²) in [5, 5.41) is 2.73. The molecule has 4 rings (SSSR count). The predicted octanol–water partition coefficient (Wildman–Crippen LogP) is 4.41. The summed E-state index contributed by atoms with van der Waals surface area (Å²) in [5.41, 5.74) is 1.58. The van der Waals surface area contributed by atoms with Crippen molar-refractivity contribution in [2.24, 2.45) is 0 Å². The van der Waals surface area contributed by atoms with Crippen LogP contribution in [0.1, 0.15) is 18.4 Å². The van der Waals surface area contributed by atoms with Gasteiger partial charge in [0.05, 0.1) is 5.02 Å². The fourth-order valence-electron chi connectivity index (χ4n) is 4.05. The first kappa shape index (κ1) is 20.5. The Hall–Kier alpha value is -2.80. The summed E-state index contributed by atoms with van der Waals surface area (Å²) in [5.74, 6) is -0.521. The van der Waals surface area contributed by atoms with Gasteiger partial charge in [-0.05, 0) is 36.6 Å². The lowest BCUT2D eigenvalue weighted by Crippen LogP contribution is -2.49. The number of urea groups is 2. The molecule has 4 amide bonds. The number of nitrogens with one attached hydrogen (secondary N) is 1. The van der Waals surface area contributed by atoms with Gasteiger partial charge in [-0.1, -0.05) is 41.9 Å². The van der Waals surface area contributed by atoms with Crippen LogP contribution >= 0.6 is 11.6 Å². The number of likely N-dealkylation sites (tertiary alicyclic amines) is 1. The van der Waals surface area contributed by atoms with Gasteiger partial charge in [0.15, 0.2) is 0 Å². The number of rotatable bonds is 4. The molecule has 0 radical (unpaired) electrons. The first-order valence-corrected chi connectivity index (χ1v) is 10.5. The molecule has 2 fully saturated rings. The normalized spacial score (nSPS) is 17.5. The standard InChI is InChI=1S/C22H24ClFN4O2/c23-19-14-17(6-7-20(19)24)25-21(29)26-10-8-18(9-11-26)28-13-12-27(22(28)30)15-16-4-2-1-3-5-16/h1-7,14,18H,8-13,15H2,(H,25,29). The summed E-state index contributed by atoms with van der Waals surface area (Å²) in [6.45, 7) is 3.19. The van der Waals surface area contributed by atoms with E-state index in [0.717, 1.165) is 31.5 Å². The van der Waals surface area contributed by atoms with Crippen molar-refractivity contribution in [3.8, 4) is 0 Å². The lowest BCUT2D eigenvalue weighted by molar-refractivity contribution is 0.139. The Morgan fingerprint density at radius 2 is 1.80 bits per heavy atom. The minimum atomic E-state index is -0.521. The summed E-state index contributed by atoms with van der Waals surface area (Å²) in [7, 11) is 0. The van der Waals surface area contributed by atoms with E-state index in [-0.39, 0.29) is 23.1 Å². The summed E-state index contributed by atoms with van der Waals surface area (Å²) in [4.78, 5) is 30.9. The van der Waals surface area contributed by atoms with Crippen LogP contribution < -0.4 is 5.32 Å². The van der Waals surface area contributed by atoms with E-state index < -0.39 is 5.82 Å². The molecule has 0 aliphatic carbocycles. The van der Waals surface area contributed by atoms with Crippen molar-refractivity contribution in [2.45, 2.75) is 25.4 Å². The average Bonchev–Trinajstić information content (AvgIpc) is 3.12. The average molecular weight is 431 g/mol. The zero-order valence-electron chi connectivity index (χ0n) is 16.6. The number of hydrogen-bond acceptors (Lipinski definition) is 2. The van der Waals surface area contributed by atoms with Crippen LogP contribution in [0.3, 0.4) is 0 Å². The maximum absolute atomic E-state index is 13.3. The highest BCUT2D eigenvalue weighted by atomic mass is 35.5. The van der Waals surface area contributed by atoms with Gasteiger partial charge in [0.2, 0.25) is 0 Å². The molecule has 30 heavy (non-hydrogen) atoms. The second-order valence-corrected chi connectivity index (χ2v) is 8.07. The largest absolute Gasteiger partial charge is 0.324 e. The van der Waals surface area contributed by atoms with Gasteiger partial charge in [-0.3, -0.25) is 0 Å². The van der Waals surface area contributed by atoms with Gasteiger partial charge in [0, 0.05) is 44.5 Å². The molecular formula is C22H24ClFN4O2.